The van der Waals surface area contributed by atoms with Gasteiger partial charge in [0.25, 0.3) is 5.91 Å². The average molecular weight is 351 g/mol. The van der Waals surface area contributed by atoms with Gasteiger partial charge in [-0.25, -0.2) is 5.43 Å². The SMILES string of the molecule is Cc1ccc(OCC(=O)NN=Cc2ccc(Cl)c(Cl)c2)c(C)c1. The second-order valence-electron chi connectivity index (χ2n) is 5.02. The van der Waals surface area contributed by atoms with Crippen LogP contribution >= 0.6 is 23.2 Å². The number of benzene rings is 2. The fraction of sp³-hybridized carbons (Fsp3) is 0.176. The van der Waals surface area contributed by atoms with Gasteiger partial charge in [0.05, 0.1) is 16.3 Å². The first kappa shape index (κ1) is 17.3. The highest BCUT2D eigenvalue weighted by Gasteiger charge is 2.04. The number of nitrogens with zero attached hydrogens (tertiary/aromatic N) is 1. The Hall–Kier alpha value is -2.04. The van der Waals surface area contributed by atoms with Gasteiger partial charge < -0.3 is 4.74 Å². The van der Waals surface area contributed by atoms with Crippen LogP contribution < -0.4 is 10.2 Å². The molecule has 0 spiro atoms. The van der Waals surface area contributed by atoms with E-state index in [1.54, 1.807) is 18.2 Å². The molecule has 0 bridgehead atoms. The Morgan fingerprint density at radius 3 is 2.65 bits per heavy atom. The van der Waals surface area contributed by atoms with Gasteiger partial charge in [-0.2, -0.15) is 5.10 Å². The Morgan fingerprint density at radius 1 is 1.17 bits per heavy atom. The summed E-state index contributed by atoms with van der Waals surface area (Å²) in [6.07, 6.45) is 1.48. The van der Waals surface area contributed by atoms with Gasteiger partial charge >= 0.3 is 0 Å². The van der Waals surface area contributed by atoms with Gasteiger partial charge in [-0.15, -0.1) is 0 Å². The number of ether oxygens (including phenoxy) is 1. The summed E-state index contributed by atoms with van der Waals surface area (Å²) in [5.41, 5.74) is 5.25. The zero-order valence-electron chi connectivity index (χ0n) is 12.8. The summed E-state index contributed by atoms with van der Waals surface area (Å²) < 4.78 is 5.47. The third kappa shape index (κ3) is 5.27. The number of hydrogen-bond donors (Lipinski definition) is 1. The molecule has 2 aromatic carbocycles. The van der Waals surface area contributed by atoms with Crippen LogP contribution in [0.5, 0.6) is 5.75 Å². The molecule has 0 aliphatic carbocycles. The average Bonchev–Trinajstić information content (AvgIpc) is 2.50. The summed E-state index contributed by atoms with van der Waals surface area (Å²) in [6.45, 7) is 3.83. The zero-order valence-corrected chi connectivity index (χ0v) is 14.3. The smallest absolute Gasteiger partial charge is 0.277 e. The first-order valence-electron chi connectivity index (χ1n) is 6.92. The molecule has 23 heavy (non-hydrogen) atoms. The predicted molar refractivity (Wildman–Crippen MR) is 93.6 cm³/mol. The molecule has 0 radical (unpaired) electrons. The lowest BCUT2D eigenvalue weighted by Crippen LogP contribution is -2.24. The number of carbonyl (C=O) groups is 1. The Labute approximate surface area is 145 Å². The highest BCUT2D eigenvalue weighted by molar-refractivity contribution is 6.42. The number of rotatable bonds is 5. The summed E-state index contributed by atoms with van der Waals surface area (Å²) in [5.74, 6) is 0.334. The fourth-order valence-electron chi connectivity index (χ4n) is 1.91. The van der Waals surface area contributed by atoms with Crippen molar-refractivity contribution in [2.45, 2.75) is 13.8 Å². The van der Waals surface area contributed by atoms with Crippen molar-refractivity contribution in [1.29, 1.82) is 0 Å². The van der Waals surface area contributed by atoms with Crippen molar-refractivity contribution in [3.05, 3.63) is 63.1 Å². The Bertz CT molecular complexity index is 745. The quantitative estimate of drug-likeness (QED) is 0.650. The van der Waals surface area contributed by atoms with E-state index < -0.39 is 0 Å². The standard InChI is InChI=1S/C17H16Cl2N2O2/c1-11-3-6-16(12(2)7-11)23-10-17(22)21-20-9-13-4-5-14(18)15(19)8-13/h3-9H,10H2,1-2H3,(H,21,22). The maximum Gasteiger partial charge on any atom is 0.277 e. The van der Waals surface area contributed by atoms with E-state index in [1.165, 1.54) is 6.21 Å². The highest BCUT2D eigenvalue weighted by Crippen LogP contribution is 2.21. The van der Waals surface area contributed by atoms with Gasteiger partial charge in [-0.3, -0.25) is 4.79 Å². The summed E-state index contributed by atoms with van der Waals surface area (Å²) in [6, 6.07) is 10.8. The van der Waals surface area contributed by atoms with Crippen molar-refractivity contribution in [2.75, 3.05) is 6.61 Å². The second-order valence-corrected chi connectivity index (χ2v) is 5.84. The van der Waals surface area contributed by atoms with Crippen molar-refractivity contribution in [1.82, 2.24) is 5.43 Å². The molecule has 120 valence electrons. The number of amides is 1. The van der Waals surface area contributed by atoms with Crippen molar-refractivity contribution >= 4 is 35.3 Å². The van der Waals surface area contributed by atoms with Gasteiger partial charge in [-0.05, 0) is 43.2 Å². The molecule has 2 rings (SSSR count). The molecule has 0 atom stereocenters. The van der Waals surface area contributed by atoms with Crippen LogP contribution in [0.3, 0.4) is 0 Å². The monoisotopic (exact) mass is 350 g/mol. The fourth-order valence-corrected chi connectivity index (χ4v) is 2.21. The normalized spacial score (nSPS) is 10.8. The first-order chi connectivity index (χ1) is 11.0. The second kappa shape index (κ2) is 7.99. The molecule has 0 unspecified atom stereocenters. The third-order valence-corrected chi connectivity index (χ3v) is 3.77. The molecule has 0 saturated carbocycles. The van der Waals surface area contributed by atoms with E-state index in [4.69, 9.17) is 27.9 Å². The summed E-state index contributed by atoms with van der Waals surface area (Å²) >= 11 is 11.7. The molecule has 1 N–H and O–H groups in total. The minimum absolute atomic E-state index is 0.109. The summed E-state index contributed by atoms with van der Waals surface area (Å²) in [5, 5.41) is 4.75. The van der Waals surface area contributed by atoms with E-state index in [2.05, 4.69) is 10.5 Å². The maximum atomic E-state index is 11.7. The Morgan fingerprint density at radius 2 is 1.96 bits per heavy atom. The number of carbonyl (C=O) groups excluding carboxylic acids is 1. The summed E-state index contributed by atoms with van der Waals surface area (Å²) in [7, 11) is 0. The topological polar surface area (TPSA) is 50.7 Å². The Balaban J connectivity index is 1.85. The van der Waals surface area contributed by atoms with E-state index in [0.717, 1.165) is 16.7 Å². The van der Waals surface area contributed by atoms with Crippen LogP contribution in [0.25, 0.3) is 0 Å². The van der Waals surface area contributed by atoms with Gasteiger partial charge in [0.1, 0.15) is 5.75 Å². The third-order valence-electron chi connectivity index (χ3n) is 3.04. The van der Waals surface area contributed by atoms with E-state index in [-0.39, 0.29) is 12.5 Å². The molecular formula is C17H16Cl2N2O2. The molecule has 0 aliphatic heterocycles. The molecule has 6 heteroatoms. The van der Waals surface area contributed by atoms with Gasteiger partial charge in [0.2, 0.25) is 0 Å². The van der Waals surface area contributed by atoms with Crippen LogP contribution in [0.1, 0.15) is 16.7 Å². The van der Waals surface area contributed by atoms with E-state index in [9.17, 15) is 4.79 Å². The van der Waals surface area contributed by atoms with Crippen molar-refractivity contribution in [3.63, 3.8) is 0 Å². The zero-order chi connectivity index (χ0) is 16.8. The maximum absolute atomic E-state index is 11.7. The number of hydrogen-bond acceptors (Lipinski definition) is 3. The highest BCUT2D eigenvalue weighted by atomic mass is 35.5. The molecule has 2 aromatic rings. The minimum atomic E-state index is -0.346. The van der Waals surface area contributed by atoms with Crippen LogP contribution in [0, 0.1) is 13.8 Å². The van der Waals surface area contributed by atoms with Crippen LogP contribution in [0.15, 0.2) is 41.5 Å². The molecule has 0 heterocycles. The predicted octanol–water partition coefficient (Wildman–Crippen LogP) is 4.14. The van der Waals surface area contributed by atoms with Crippen LogP contribution in [0.4, 0.5) is 0 Å². The van der Waals surface area contributed by atoms with Crippen molar-refractivity contribution < 1.29 is 9.53 Å². The molecule has 0 aromatic heterocycles. The van der Waals surface area contributed by atoms with Gasteiger partial charge in [0, 0.05) is 0 Å². The van der Waals surface area contributed by atoms with Crippen molar-refractivity contribution in [3.8, 4) is 5.75 Å². The van der Waals surface area contributed by atoms with E-state index in [1.807, 2.05) is 32.0 Å². The van der Waals surface area contributed by atoms with Crippen LogP contribution in [-0.4, -0.2) is 18.7 Å². The Kier molecular flexibility index (Phi) is 6.02. The number of aryl methyl sites for hydroxylation is 2. The lowest BCUT2D eigenvalue weighted by atomic mass is 10.1. The number of nitrogens with one attached hydrogen (secondary N) is 1. The lowest BCUT2D eigenvalue weighted by Gasteiger charge is -2.08. The summed E-state index contributed by atoms with van der Waals surface area (Å²) in [4.78, 5) is 11.7. The molecule has 0 saturated heterocycles. The van der Waals surface area contributed by atoms with Crippen LogP contribution in [-0.2, 0) is 4.79 Å². The van der Waals surface area contributed by atoms with E-state index >= 15 is 0 Å². The minimum Gasteiger partial charge on any atom is -0.483 e. The molecular weight excluding hydrogens is 335 g/mol. The number of hydrazone groups is 1. The lowest BCUT2D eigenvalue weighted by molar-refractivity contribution is -0.123. The van der Waals surface area contributed by atoms with Crippen molar-refractivity contribution in [2.24, 2.45) is 5.10 Å². The van der Waals surface area contributed by atoms with Gasteiger partial charge in [0.15, 0.2) is 6.61 Å². The van der Waals surface area contributed by atoms with Gasteiger partial charge in [-0.1, -0.05) is 47.0 Å². The molecule has 4 nitrogen and oxygen atoms in total. The molecule has 0 fully saturated rings. The largest absolute Gasteiger partial charge is 0.483 e. The number of halogens is 2. The first-order valence-corrected chi connectivity index (χ1v) is 7.68. The molecule has 1 amide bonds. The molecule has 0 aliphatic rings. The van der Waals surface area contributed by atoms with E-state index in [0.29, 0.717) is 15.8 Å². The van der Waals surface area contributed by atoms with Crippen LogP contribution in [0.2, 0.25) is 10.0 Å².